The predicted octanol–water partition coefficient (Wildman–Crippen LogP) is 4.67. The van der Waals surface area contributed by atoms with Gasteiger partial charge in [-0.15, -0.1) is 0 Å². The molecule has 0 fully saturated rings. The standard InChI is InChI=1S/C24H25ClFNO5/c1-4-32-21-10-19-16(9-15(21)8-14-6-5-7-18(25)22(14)26)23(29)17(24(30)31)11-27(19)20(12-28)13(2)3/h5-7,9-11,13,20,28H,4,8,12H2,1-3H3,(H,30,31). The van der Waals surface area contributed by atoms with Crippen LogP contribution in [0.4, 0.5) is 4.39 Å². The van der Waals surface area contributed by atoms with Gasteiger partial charge in [0.15, 0.2) is 0 Å². The molecule has 8 heteroatoms. The minimum absolute atomic E-state index is 0.0144. The first-order chi connectivity index (χ1) is 15.2. The Morgan fingerprint density at radius 3 is 2.56 bits per heavy atom. The Morgan fingerprint density at radius 1 is 1.25 bits per heavy atom. The average molecular weight is 462 g/mol. The number of hydrogen-bond acceptors (Lipinski definition) is 4. The number of fused-ring (bicyclic) bond motifs is 1. The zero-order valence-corrected chi connectivity index (χ0v) is 18.8. The van der Waals surface area contributed by atoms with Crippen LogP contribution in [0.15, 0.2) is 41.3 Å². The molecule has 2 N–H and O–H groups in total. The number of aliphatic hydroxyl groups is 1. The van der Waals surface area contributed by atoms with Crippen LogP contribution in [0, 0.1) is 11.7 Å². The van der Waals surface area contributed by atoms with E-state index in [1.807, 2.05) is 13.8 Å². The molecule has 0 saturated heterocycles. The van der Waals surface area contributed by atoms with E-state index in [0.717, 1.165) is 0 Å². The molecule has 6 nitrogen and oxygen atoms in total. The van der Waals surface area contributed by atoms with E-state index in [1.165, 1.54) is 12.3 Å². The molecule has 1 atom stereocenters. The number of carbonyl (C=O) groups is 1. The summed E-state index contributed by atoms with van der Waals surface area (Å²) < 4.78 is 21.9. The van der Waals surface area contributed by atoms with Crippen molar-refractivity contribution >= 4 is 28.5 Å². The van der Waals surface area contributed by atoms with Gasteiger partial charge in [0.1, 0.15) is 17.1 Å². The van der Waals surface area contributed by atoms with Gasteiger partial charge in [-0.05, 0) is 36.1 Å². The van der Waals surface area contributed by atoms with Crippen molar-refractivity contribution in [2.45, 2.75) is 33.2 Å². The van der Waals surface area contributed by atoms with Gasteiger partial charge in [0.2, 0.25) is 5.43 Å². The van der Waals surface area contributed by atoms with E-state index < -0.39 is 28.8 Å². The highest BCUT2D eigenvalue weighted by molar-refractivity contribution is 6.30. The molecular weight excluding hydrogens is 437 g/mol. The van der Waals surface area contributed by atoms with Gasteiger partial charge < -0.3 is 19.5 Å². The quantitative estimate of drug-likeness (QED) is 0.509. The maximum absolute atomic E-state index is 14.5. The Bertz CT molecular complexity index is 1220. The Labute approximate surface area is 189 Å². The van der Waals surface area contributed by atoms with Crippen LogP contribution in [0.1, 0.15) is 48.3 Å². The van der Waals surface area contributed by atoms with E-state index in [9.17, 15) is 24.2 Å². The molecule has 1 aromatic heterocycles. The van der Waals surface area contributed by atoms with Crippen LogP contribution in [0.5, 0.6) is 5.75 Å². The Morgan fingerprint density at radius 2 is 1.97 bits per heavy atom. The third-order valence-electron chi connectivity index (χ3n) is 5.47. The van der Waals surface area contributed by atoms with Crippen molar-refractivity contribution in [1.82, 2.24) is 4.57 Å². The number of aromatic nitrogens is 1. The summed E-state index contributed by atoms with van der Waals surface area (Å²) in [5.41, 5.74) is 0.229. The molecule has 0 aliphatic carbocycles. The van der Waals surface area contributed by atoms with E-state index in [-0.39, 0.29) is 29.4 Å². The number of hydrogen-bond donors (Lipinski definition) is 2. The van der Waals surface area contributed by atoms with E-state index in [0.29, 0.717) is 29.0 Å². The second-order valence-electron chi connectivity index (χ2n) is 7.88. The molecule has 32 heavy (non-hydrogen) atoms. The molecule has 0 aliphatic heterocycles. The van der Waals surface area contributed by atoms with Gasteiger partial charge in [-0.3, -0.25) is 4.79 Å². The molecule has 170 valence electrons. The van der Waals surface area contributed by atoms with E-state index in [2.05, 4.69) is 0 Å². The van der Waals surface area contributed by atoms with E-state index >= 15 is 0 Å². The SMILES string of the molecule is CCOc1cc2c(cc1Cc1cccc(Cl)c1F)c(=O)c(C(=O)O)cn2C(CO)C(C)C. The molecule has 0 amide bonds. The highest BCUT2D eigenvalue weighted by atomic mass is 35.5. The lowest BCUT2D eigenvalue weighted by Crippen LogP contribution is -2.25. The maximum atomic E-state index is 14.5. The number of nitrogens with zero attached hydrogens (tertiary/aromatic N) is 1. The molecule has 1 unspecified atom stereocenters. The van der Waals surface area contributed by atoms with Crippen molar-refractivity contribution in [3.8, 4) is 5.75 Å². The highest BCUT2D eigenvalue weighted by Crippen LogP contribution is 2.31. The van der Waals surface area contributed by atoms with E-state index in [1.54, 1.807) is 35.8 Å². The second kappa shape index (κ2) is 9.71. The molecule has 3 rings (SSSR count). The fourth-order valence-electron chi connectivity index (χ4n) is 3.79. The maximum Gasteiger partial charge on any atom is 0.341 e. The van der Waals surface area contributed by atoms with Gasteiger partial charge in [0.05, 0.1) is 29.8 Å². The van der Waals surface area contributed by atoms with Crippen LogP contribution >= 0.6 is 11.6 Å². The largest absolute Gasteiger partial charge is 0.494 e. The fraction of sp³-hybridized carbons (Fsp3) is 0.333. The monoisotopic (exact) mass is 461 g/mol. The number of aromatic carboxylic acids is 1. The molecule has 1 heterocycles. The van der Waals surface area contributed by atoms with Crippen LogP contribution in [0.25, 0.3) is 10.9 Å². The zero-order chi connectivity index (χ0) is 23.6. The van der Waals surface area contributed by atoms with Gasteiger partial charge in [-0.2, -0.15) is 0 Å². The summed E-state index contributed by atoms with van der Waals surface area (Å²) in [6.07, 6.45) is 1.36. The van der Waals surface area contributed by atoms with Crippen molar-refractivity contribution in [2.24, 2.45) is 5.92 Å². The minimum atomic E-state index is -1.36. The summed E-state index contributed by atoms with van der Waals surface area (Å²) in [6, 6.07) is 7.40. The highest BCUT2D eigenvalue weighted by Gasteiger charge is 2.23. The van der Waals surface area contributed by atoms with Crippen molar-refractivity contribution in [2.75, 3.05) is 13.2 Å². The van der Waals surface area contributed by atoms with Crippen molar-refractivity contribution in [3.05, 3.63) is 74.3 Å². The first-order valence-corrected chi connectivity index (χ1v) is 10.7. The van der Waals surface area contributed by atoms with Gasteiger partial charge >= 0.3 is 5.97 Å². The molecule has 0 bridgehead atoms. The summed E-state index contributed by atoms with van der Waals surface area (Å²) in [6.45, 7) is 5.69. The zero-order valence-electron chi connectivity index (χ0n) is 18.1. The van der Waals surface area contributed by atoms with Crippen molar-refractivity contribution < 1.29 is 24.1 Å². The summed E-state index contributed by atoms with van der Waals surface area (Å²) in [5, 5.41) is 19.7. The minimum Gasteiger partial charge on any atom is -0.494 e. The van der Waals surface area contributed by atoms with Crippen LogP contribution in [0.2, 0.25) is 5.02 Å². The summed E-state index contributed by atoms with van der Waals surface area (Å²) in [7, 11) is 0. The number of halogens is 2. The third kappa shape index (κ3) is 4.49. The number of rotatable bonds is 8. The Kier molecular flexibility index (Phi) is 7.21. The lowest BCUT2D eigenvalue weighted by atomic mass is 9.98. The third-order valence-corrected chi connectivity index (χ3v) is 5.76. The normalized spacial score (nSPS) is 12.3. The first kappa shape index (κ1) is 23.8. The number of benzene rings is 2. The number of carboxylic acids is 1. The topological polar surface area (TPSA) is 88.8 Å². The van der Waals surface area contributed by atoms with Gasteiger partial charge in [0, 0.05) is 24.1 Å². The lowest BCUT2D eigenvalue weighted by molar-refractivity contribution is 0.0694. The summed E-state index contributed by atoms with van der Waals surface area (Å²) in [4.78, 5) is 24.8. The van der Waals surface area contributed by atoms with Gasteiger partial charge in [-0.1, -0.05) is 37.6 Å². The number of ether oxygens (including phenoxy) is 1. The van der Waals surface area contributed by atoms with Gasteiger partial charge in [0.25, 0.3) is 0 Å². The van der Waals surface area contributed by atoms with Crippen molar-refractivity contribution in [1.29, 1.82) is 0 Å². The van der Waals surface area contributed by atoms with Crippen molar-refractivity contribution in [3.63, 3.8) is 0 Å². The van der Waals surface area contributed by atoms with Gasteiger partial charge in [-0.25, -0.2) is 9.18 Å². The molecule has 2 aromatic carbocycles. The van der Waals surface area contributed by atoms with E-state index in [4.69, 9.17) is 16.3 Å². The number of carboxylic acid groups (broad SMARTS) is 1. The molecular formula is C24H25ClFNO5. The predicted molar refractivity (Wildman–Crippen MR) is 122 cm³/mol. The summed E-state index contributed by atoms with van der Waals surface area (Å²) >= 11 is 5.91. The molecule has 0 radical (unpaired) electrons. The Balaban J connectivity index is 2.34. The molecule has 0 saturated carbocycles. The molecule has 0 spiro atoms. The van der Waals surface area contributed by atoms with Crippen LogP contribution < -0.4 is 10.2 Å². The number of aliphatic hydroxyl groups excluding tert-OH is 1. The fourth-order valence-corrected chi connectivity index (χ4v) is 3.98. The van der Waals surface area contributed by atoms with Crippen LogP contribution in [-0.4, -0.2) is 34.0 Å². The summed E-state index contributed by atoms with van der Waals surface area (Å²) in [5.74, 6) is -1.52. The Hall–Kier alpha value is -2.90. The average Bonchev–Trinajstić information content (AvgIpc) is 2.74. The lowest BCUT2D eigenvalue weighted by Gasteiger charge is -2.25. The first-order valence-electron chi connectivity index (χ1n) is 10.3. The smallest absolute Gasteiger partial charge is 0.341 e. The number of pyridine rings is 1. The molecule has 3 aromatic rings. The van der Waals surface area contributed by atoms with Crippen LogP contribution in [-0.2, 0) is 6.42 Å². The molecule has 0 aliphatic rings. The second-order valence-corrected chi connectivity index (χ2v) is 8.29. The van der Waals surface area contributed by atoms with Crippen LogP contribution in [0.3, 0.4) is 0 Å².